The van der Waals surface area contributed by atoms with Crippen LogP contribution in [0.4, 0.5) is 0 Å². The third-order valence-corrected chi connectivity index (χ3v) is 10.0. The molecule has 0 heterocycles. The molecule has 3 heteroatoms. The Balaban J connectivity index is 0.000000892. The quantitative estimate of drug-likeness (QED) is 0.134. The van der Waals surface area contributed by atoms with Crippen molar-refractivity contribution < 1.29 is 15.0 Å². The zero-order valence-corrected chi connectivity index (χ0v) is 26.6. The highest BCUT2D eigenvalue weighted by molar-refractivity contribution is 5.70. The van der Waals surface area contributed by atoms with Crippen molar-refractivity contribution in [3.8, 4) is 0 Å². The smallest absolute Gasteiger partial charge is 0.145 e. The summed E-state index contributed by atoms with van der Waals surface area (Å²) < 4.78 is 0. The fourth-order valence-corrected chi connectivity index (χ4v) is 7.21. The van der Waals surface area contributed by atoms with E-state index in [1.807, 2.05) is 0 Å². The summed E-state index contributed by atoms with van der Waals surface area (Å²) in [4.78, 5) is 9.41. The molecule has 2 saturated carbocycles. The molecule has 2 aromatic rings. The molecule has 0 radical (unpaired) electrons. The first-order valence-electron chi connectivity index (χ1n) is 17.0. The van der Waals surface area contributed by atoms with Gasteiger partial charge >= 0.3 is 0 Å². The predicted molar refractivity (Wildman–Crippen MR) is 177 cm³/mol. The van der Waals surface area contributed by atoms with Crippen molar-refractivity contribution in [2.75, 3.05) is 13.2 Å². The SMILES string of the molecule is C=C(C)C=O.CCCCCc1ccc(C2CCC(c3ccc(CCC4CCC(C(CO)CCO)CC4)cc3)CC2)cc1. The van der Waals surface area contributed by atoms with Crippen molar-refractivity contribution in [3.63, 3.8) is 0 Å². The van der Waals surface area contributed by atoms with E-state index in [-0.39, 0.29) is 13.2 Å². The van der Waals surface area contributed by atoms with Gasteiger partial charge in [-0.3, -0.25) is 4.79 Å². The number of rotatable bonds is 14. The fourth-order valence-electron chi connectivity index (χ4n) is 7.21. The second kappa shape index (κ2) is 19.1. The standard InChI is InChI=1S/C35H52O2.C4H6O/c1-2-3-4-5-27-8-14-30(15-9-27)32-20-22-33(23-21-32)31-16-10-28(11-17-31)6-7-29-12-18-34(19-13-29)35(26-37)24-25-36;1-4(2)3-5/h8-11,14-17,29,32-37H,2-7,12-13,18-26H2,1H3;3H,1H2,2H3. The van der Waals surface area contributed by atoms with Gasteiger partial charge in [0.1, 0.15) is 6.29 Å². The molecule has 2 aliphatic carbocycles. The summed E-state index contributed by atoms with van der Waals surface area (Å²) in [7, 11) is 0. The molecular weight excluding hydrogens is 516 g/mol. The van der Waals surface area contributed by atoms with Gasteiger partial charge in [-0.1, -0.05) is 87.7 Å². The van der Waals surface area contributed by atoms with Crippen LogP contribution in [-0.4, -0.2) is 29.7 Å². The molecule has 2 aromatic carbocycles. The van der Waals surface area contributed by atoms with Gasteiger partial charge in [-0.2, -0.15) is 0 Å². The molecule has 2 fully saturated rings. The molecule has 2 N–H and O–H groups in total. The van der Waals surface area contributed by atoms with Gasteiger partial charge in [0.15, 0.2) is 0 Å². The predicted octanol–water partition coefficient (Wildman–Crippen LogP) is 9.35. The van der Waals surface area contributed by atoms with Crippen LogP contribution in [0.1, 0.15) is 131 Å². The molecule has 4 rings (SSSR count). The lowest BCUT2D eigenvalue weighted by atomic mass is 9.73. The molecule has 0 saturated heterocycles. The van der Waals surface area contributed by atoms with E-state index in [0.29, 0.717) is 17.4 Å². The van der Waals surface area contributed by atoms with Crippen molar-refractivity contribution >= 4 is 6.29 Å². The lowest BCUT2D eigenvalue weighted by Gasteiger charge is -2.33. The first-order chi connectivity index (χ1) is 20.5. The Morgan fingerprint density at radius 1 is 0.810 bits per heavy atom. The van der Waals surface area contributed by atoms with Crippen LogP contribution in [0.15, 0.2) is 60.7 Å². The average molecular weight is 575 g/mol. The highest BCUT2D eigenvalue weighted by atomic mass is 16.3. The molecule has 0 spiro atoms. The Bertz CT molecular complexity index is 1010. The van der Waals surface area contributed by atoms with Crippen molar-refractivity contribution in [3.05, 3.63) is 82.9 Å². The number of aryl methyl sites for hydroxylation is 2. The number of aliphatic hydroxyl groups excluding tert-OH is 2. The van der Waals surface area contributed by atoms with Gasteiger partial charge in [0.2, 0.25) is 0 Å². The summed E-state index contributed by atoms with van der Waals surface area (Å²) in [5, 5.41) is 18.9. The van der Waals surface area contributed by atoms with Gasteiger partial charge in [0, 0.05) is 13.2 Å². The van der Waals surface area contributed by atoms with Crippen LogP contribution < -0.4 is 0 Å². The number of allylic oxidation sites excluding steroid dienone is 1. The first-order valence-corrected chi connectivity index (χ1v) is 17.0. The van der Waals surface area contributed by atoms with Gasteiger partial charge in [0.05, 0.1) is 0 Å². The third-order valence-electron chi connectivity index (χ3n) is 10.0. The van der Waals surface area contributed by atoms with Crippen molar-refractivity contribution in [2.45, 2.75) is 122 Å². The Morgan fingerprint density at radius 2 is 1.31 bits per heavy atom. The first kappa shape index (κ1) is 34.3. The average Bonchev–Trinajstić information content (AvgIpc) is 3.04. The van der Waals surface area contributed by atoms with Crippen LogP contribution in [0.3, 0.4) is 0 Å². The number of aldehydes is 1. The summed E-state index contributed by atoms with van der Waals surface area (Å²) in [5.74, 6) is 3.20. The van der Waals surface area contributed by atoms with Crippen LogP contribution in [-0.2, 0) is 17.6 Å². The van der Waals surface area contributed by atoms with Crippen LogP contribution >= 0.6 is 0 Å². The molecule has 0 aliphatic heterocycles. The number of benzene rings is 2. The summed E-state index contributed by atoms with van der Waals surface area (Å²) in [6, 6.07) is 19.2. The lowest BCUT2D eigenvalue weighted by Crippen LogP contribution is -2.25. The van der Waals surface area contributed by atoms with E-state index in [0.717, 1.165) is 30.5 Å². The van der Waals surface area contributed by atoms with E-state index in [1.54, 1.807) is 18.1 Å². The largest absolute Gasteiger partial charge is 0.396 e. The second-order valence-corrected chi connectivity index (χ2v) is 13.2. The van der Waals surface area contributed by atoms with Gasteiger partial charge in [-0.25, -0.2) is 0 Å². The second-order valence-electron chi connectivity index (χ2n) is 13.2. The number of unbranched alkanes of at least 4 members (excludes halogenated alkanes) is 2. The molecule has 2 aliphatic rings. The lowest BCUT2D eigenvalue weighted by molar-refractivity contribution is -0.104. The summed E-state index contributed by atoms with van der Waals surface area (Å²) in [6.07, 6.45) is 19.4. The molecule has 1 unspecified atom stereocenters. The highest BCUT2D eigenvalue weighted by Gasteiger charge is 2.27. The van der Waals surface area contributed by atoms with Crippen LogP contribution in [0.2, 0.25) is 0 Å². The summed E-state index contributed by atoms with van der Waals surface area (Å²) in [6.45, 7) is 7.68. The number of hydrogen-bond donors (Lipinski definition) is 2. The zero-order valence-electron chi connectivity index (χ0n) is 26.6. The fraction of sp³-hybridized carbons (Fsp3) is 0.615. The van der Waals surface area contributed by atoms with Gasteiger partial charge in [-0.05, 0) is 135 Å². The molecule has 0 aromatic heterocycles. The van der Waals surface area contributed by atoms with E-state index in [9.17, 15) is 15.0 Å². The Hall–Kier alpha value is -2.23. The summed E-state index contributed by atoms with van der Waals surface area (Å²) in [5.41, 5.74) is 6.68. The highest BCUT2D eigenvalue weighted by Crippen LogP contribution is 2.41. The Labute approximate surface area is 256 Å². The van der Waals surface area contributed by atoms with E-state index in [1.165, 1.54) is 101 Å². The number of hydrogen-bond acceptors (Lipinski definition) is 3. The Morgan fingerprint density at radius 3 is 1.74 bits per heavy atom. The molecule has 3 nitrogen and oxygen atoms in total. The number of carbonyl (C=O) groups excluding carboxylic acids is 1. The topological polar surface area (TPSA) is 57.5 Å². The van der Waals surface area contributed by atoms with E-state index in [4.69, 9.17) is 0 Å². The van der Waals surface area contributed by atoms with Gasteiger partial charge < -0.3 is 10.2 Å². The minimum absolute atomic E-state index is 0.204. The maximum absolute atomic E-state index is 9.64. The minimum atomic E-state index is 0.204. The maximum atomic E-state index is 9.64. The molecular formula is C39H58O3. The minimum Gasteiger partial charge on any atom is -0.396 e. The number of aliphatic hydroxyl groups is 2. The molecule has 232 valence electrons. The monoisotopic (exact) mass is 574 g/mol. The number of carbonyl (C=O) groups is 1. The van der Waals surface area contributed by atoms with Crippen molar-refractivity contribution in [2.24, 2.45) is 17.8 Å². The van der Waals surface area contributed by atoms with Crippen LogP contribution in [0.25, 0.3) is 0 Å². The van der Waals surface area contributed by atoms with Crippen molar-refractivity contribution in [1.82, 2.24) is 0 Å². The van der Waals surface area contributed by atoms with E-state index < -0.39 is 0 Å². The Kier molecular flexibility index (Phi) is 15.6. The van der Waals surface area contributed by atoms with Crippen LogP contribution in [0, 0.1) is 17.8 Å². The van der Waals surface area contributed by atoms with Gasteiger partial charge in [0.25, 0.3) is 0 Å². The maximum Gasteiger partial charge on any atom is 0.145 e. The zero-order chi connectivity index (χ0) is 30.2. The normalized spacial score (nSPS) is 23.0. The molecule has 1 atom stereocenters. The van der Waals surface area contributed by atoms with Crippen molar-refractivity contribution in [1.29, 1.82) is 0 Å². The van der Waals surface area contributed by atoms with E-state index in [2.05, 4.69) is 62.0 Å². The molecule has 0 bridgehead atoms. The molecule has 0 amide bonds. The third kappa shape index (κ3) is 11.5. The van der Waals surface area contributed by atoms with Crippen LogP contribution in [0.5, 0.6) is 0 Å². The van der Waals surface area contributed by atoms with Gasteiger partial charge in [-0.15, -0.1) is 0 Å². The summed E-state index contributed by atoms with van der Waals surface area (Å²) >= 11 is 0. The molecule has 42 heavy (non-hydrogen) atoms. The van der Waals surface area contributed by atoms with E-state index >= 15 is 0 Å².